The van der Waals surface area contributed by atoms with Gasteiger partial charge in [0.1, 0.15) is 17.7 Å². The zero-order valence-corrected chi connectivity index (χ0v) is 16.8. The Kier molecular flexibility index (Phi) is 5.83. The number of hydrogen-bond acceptors (Lipinski definition) is 5. The maximum Gasteiger partial charge on any atom is 0.132 e. The number of ether oxygens (including phenoxy) is 1. The molecular formula is C23H25FN4O. The summed E-state index contributed by atoms with van der Waals surface area (Å²) in [7, 11) is 4.02. The first kappa shape index (κ1) is 19.5. The van der Waals surface area contributed by atoms with Crippen LogP contribution < -0.4 is 4.90 Å². The van der Waals surface area contributed by atoms with Crippen molar-refractivity contribution in [3.63, 3.8) is 0 Å². The fraction of sp³-hybridized carbons (Fsp3) is 0.304. The third-order valence-corrected chi connectivity index (χ3v) is 5.14. The maximum atomic E-state index is 14.0. The van der Waals surface area contributed by atoms with Gasteiger partial charge < -0.3 is 9.64 Å². The molecule has 3 aromatic rings. The lowest BCUT2D eigenvalue weighted by Gasteiger charge is -2.33. The van der Waals surface area contributed by atoms with Gasteiger partial charge in [-0.25, -0.2) is 9.37 Å². The van der Waals surface area contributed by atoms with Gasteiger partial charge in [-0.15, -0.1) is 0 Å². The molecule has 2 aromatic heterocycles. The number of hydrogen-bond donors (Lipinski definition) is 0. The number of benzene rings is 1. The molecule has 1 saturated heterocycles. The van der Waals surface area contributed by atoms with E-state index in [2.05, 4.69) is 20.9 Å². The van der Waals surface area contributed by atoms with Crippen LogP contribution in [-0.2, 0) is 11.3 Å². The van der Waals surface area contributed by atoms with Crippen LogP contribution in [0.25, 0.3) is 11.1 Å². The van der Waals surface area contributed by atoms with Crippen molar-refractivity contribution in [2.75, 3.05) is 38.7 Å². The van der Waals surface area contributed by atoms with E-state index in [4.69, 9.17) is 4.74 Å². The number of halogens is 1. The molecule has 0 spiro atoms. The highest BCUT2D eigenvalue weighted by molar-refractivity contribution is 5.63. The summed E-state index contributed by atoms with van der Waals surface area (Å²) < 4.78 is 20.0. The molecule has 0 saturated carbocycles. The van der Waals surface area contributed by atoms with Crippen LogP contribution in [0.15, 0.2) is 60.9 Å². The summed E-state index contributed by atoms with van der Waals surface area (Å²) in [5, 5.41) is 0. The molecule has 5 nitrogen and oxygen atoms in total. The van der Waals surface area contributed by atoms with Crippen molar-refractivity contribution in [1.82, 2.24) is 14.9 Å². The molecule has 4 rings (SSSR count). The van der Waals surface area contributed by atoms with E-state index in [-0.39, 0.29) is 11.9 Å². The van der Waals surface area contributed by atoms with E-state index in [9.17, 15) is 4.39 Å². The zero-order valence-electron chi connectivity index (χ0n) is 16.8. The lowest BCUT2D eigenvalue weighted by molar-refractivity contribution is -0.0349. The zero-order chi connectivity index (χ0) is 20.2. The topological polar surface area (TPSA) is 41.5 Å². The second-order valence-electron chi connectivity index (χ2n) is 7.43. The standard InChI is InChI=1S/C23H25FN4O/c1-27(2)23-18(6-5-11-25-23)15-28-12-13-29-22(16-28)21-10-9-17(14-26-21)19-7-3-4-8-20(19)24/h3-11,14,22H,12-13,15-16H2,1-2H3/t22-/m1/s1. The maximum absolute atomic E-state index is 14.0. The fourth-order valence-electron chi connectivity index (χ4n) is 3.67. The summed E-state index contributed by atoms with van der Waals surface area (Å²) >= 11 is 0. The monoisotopic (exact) mass is 392 g/mol. The molecule has 29 heavy (non-hydrogen) atoms. The predicted molar refractivity (Wildman–Crippen MR) is 112 cm³/mol. The molecule has 1 atom stereocenters. The molecule has 1 aromatic carbocycles. The lowest BCUT2D eigenvalue weighted by Crippen LogP contribution is -2.38. The summed E-state index contributed by atoms with van der Waals surface area (Å²) in [6, 6.07) is 14.7. The Morgan fingerprint density at radius 3 is 2.72 bits per heavy atom. The van der Waals surface area contributed by atoms with Crippen LogP contribution in [0.5, 0.6) is 0 Å². The van der Waals surface area contributed by atoms with Crippen LogP contribution in [-0.4, -0.2) is 48.7 Å². The lowest BCUT2D eigenvalue weighted by atomic mass is 10.1. The molecule has 0 N–H and O–H groups in total. The normalized spacial score (nSPS) is 17.3. The highest BCUT2D eigenvalue weighted by Gasteiger charge is 2.24. The third kappa shape index (κ3) is 4.44. The smallest absolute Gasteiger partial charge is 0.132 e. The average Bonchev–Trinajstić information content (AvgIpc) is 2.75. The molecule has 150 valence electrons. The quantitative estimate of drug-likeness (QED) is 0.658. The number of anilines is 1. The Morgan fingerprint density at radius 2 is 1.97 bits per heavy atom. The molecule has 1 fully saturated rings. The molecule has 1 aliphatic heterocycles. The van der Waals surface area contributed by atoms with Gasteiger partial charge >= 0.3 is 0 Å². The van der Waals surface area contributed by atoms with Crippen LogP contribution >= 0.6 is 0 Å². The second kappa shape index (κ2) is 8.68. The van der Waals surface area contributed by atoms with E-state index in [1.165, 1.54) is 11.6 Å². The Hall–Kier alpha value is -2.83. The molecule has 6 heteroatoms. The molecule has 3 heterocycles. The van der Waals surface area contributed by atoms with Gasteiger partial charge in [0, 0.05) is 62.8 Å². The summed E-state index contributed by atoms with van der Waals surface area (Å²) in [5.41, 5.74) is 3.39. The molecule has 0 unspecified atom stereocenters. The second-order valence-corrected chi connectivity index (χ2v) is 7.43. The molecule has 1 aliphatic rings. The van der Waals surface area contributed by atoms with E-state index in [1.54, 1.807) is 18.3 Å². The summed E-state index contributed by atoms with van der Waals surface area (Å²) in [6.45, 7) is 3.09. The first-order valence-corrected chi connectivity index (χ1v) is 9.78. The number of nitrogens with zero attached hydrogens (tertiary/aromatic N) is 4. The number of aromatic nitrogens is 2. The van der Waals surface area contributed by atoms with Crippen molar-refractivity contribution in [3.8, 4) is 11.1 Å². The van der Waals surface area contributed by atoms with Crippen molar-refractivity contribution < 1.29 is 9.13 Å². The fourth-order valence-corrected chi connectivity index (χ4v) is 3.67. The summed E-state index contributed by atoms with van der Waals surface area (Å²) in [4.78, 5) is 13.5. The van der Waals surface area contributed by atoms with Gasteiger partial charge in [-0.2, -0.15) is 0 Å². The Balaban J connectivity index is 1.47. The van der Waals surface area contributed by atoms with E-state index in [0.29, 0.717) is 12.2 Å². The van der Waals surface area contributed by atoms with Crippen LogP contribution in [0.4, 0.5) is 10.2 Å². The first-order valence-electron chi connectivity index (χ1n) is 9.78. The van der Waals surface area contributed by atoms with Gasteiger partial charge in [-0.3, -0.25) is 9.88 Å². The average molecular weight is 392 g/mol. The minimum Gasteiger partial charge on any atom is -0.369 e. The van der Waals surface area contributed by atoms with Crippen molar-refractivity contribution in [1.29, 1.82) is 0 Å². The number of morpholine rings is 1. The van der Waals surface area contributed by atoms with Crippen molar-refractivity contribution in [2.24, 2.45) is 0 Å². The van der Waals surface area contributed by atoms with Gasteiger partial charge in [-0.05, 0) is 18.2 Å². The van der Waals surface area contributed by atoms with Crippen molar-refractivity contribution in [3.05, 3.63) is 78.0 Å². The van der Waals surface area contributed by atoms with E-state index >= 15 is 0 Å². The van der Waals surface area contributed by atoms with Crippen LogP contribution in [0.1, 0.15) is 17.4 Å². The summed E-state index contributed by atoms with van der Waals surface area (Å²) in [6.07, 6.45) is 3.45. The largest absolute Gasteiger partial charge is 0.369 e. The molecule has 0 bridgehead atoms. The van der Waals surface area contributed by atoms with Crippen LogP contribution in [0, 0.1) is 5.82 Å². The Bertz CT molecular complexity index is 961. The Morgan fingerprint density at radius 1 is 1.10 bits per heavy atom. The van der Waals surface area contributed by atoms with E-state index < -0.39 is 0 Å². The molecule has 0 radical (unpaired) electrons. The van der Waals surface area contributed by atoms with Gasteiger partial charge in [0.15, 0.2) is 0 Å². The van der Waals surface area contributed by atoms with Gasteiger partial charge in [0.2, 0.25) is 0 Å². The van der Waals surface area contributed by atoms with Gasteiger partial charge in [0.25, 0.3) is 0 Å². The summed E-state index contributed by atoms with van der Waals surface area (Å²) in [5.74, 6) is 0.748. The van der Waals surface area contributed by atoms with Crippen molar-refractivity contribution in [2.45, 2.75) is 12.6 Å². The van der Waals surface area contributed by atoms with Crippen LogP contribution in [0.3, 0.4) is 0 Å². The highest BCUT2D eigenvalue weighted by atomic mass is 19.1. The minimum atomic E-state index is -0.240. The van der Waals surface area contributed by atoms with Crippen molar-refractivity contribution >= 4 is 5.82 Å². The van der Waals surface area contributed by atoms with E-state index in [0.717, 1.165) is 36.7 Å². The van der Waals surface area contributed by atoms with E-state index in [1.807, 2.05) is 49.5 Å². The molecular weight excluding hydrogens is 367 g/mol. The Labute approximate surface area is 170 Å². The minimum absolute atomic E-state index is 0.0992. The van der Waals surface area contributed by atoms with Gasteiger partial charge in [0.05, 0.1) is 12.3 Å². The molecule has 0 amide bonds. The highest BCUT2D eigenvalue weighted by Crippen LogP contribution is 2.27. The van der Waals surface area contributed by atoms with Gasteiger partial charge in [-0.1, -0.05) is 30.3 Å². The first-order chi connectivity index (χ1) is 14.1. The number of pyridine rings is 2. The van der Waals surface area contributed by atoms with Crippen LogP contribution in [0.2, 0.25) is 0 Å². The number of rotatable bonds is 5. The SMILES string of the molecule is CN(C)c1ncccc1CN1CCO[C@@H](c2ccc(-c3ccccc3F)cn2)C1. The predicted octanol–water partition coefficient (Wildman–Crippen LogP) is 3.92. The molecule has 0 aliphatic carbocycles. The third-order valence-electron chi connectivity index (χ3n) is 5.14.